The Bertz CT molecular complexity index is 244. The zero-order valence-corrected chi connectivity index (χ0v) is 9.65. The molecular formula is C9H16NO2P. The van der Waals surface area contributed by atoms with Gasteiger partial charge in [0.2, 0.25) is 0 Å². The molecule has 0 saturated heterocycles. The third kappa shape index (κ3) is 3.69. The average Bonchev–Trinajstić information content (AvgIpc) is 2.11. The van der Waals surface area contributed by atoms with Gasteiger partial charge in [0.1, 0.15) is 0 Å². The van der Waals surface area contributed by atoms with E-state index in [2.05, 4.69) is 9.52 Å². The molecule has 0 heterocycles. The van der Waals surface area contributed by atoms with E-state index in [0.29, 0.717) is 5.57 Å². The maximum Gasteiger partial charge on any atom is 0.337 e. The normalized spacial score (nSPS) is 13.4. The molecule has 0 N–H and O–H groups in total. The monoisotopic (exact) mass is 201 g/mol. The second kappa shape index (κ2) is 5.87. The highest BCUT2D eigenvalue weighted by Gasteiger charge is 2.12. The van der Waals surface area contributed by atoms with Crippen LogP contribution in [-0.4, -0.2) is 12.2 Å². The van der Waals surface area contributed by atoms with Crippen molar-refractivity contribution in [1.29, 1.82) is 0 Å². The van der Waals surface area contributed by atoms with Crippen LogP contribution in [0.15, 0.2) is 16.3 Å². The van der Waals surface area contributed by atoms with Crippen molar-refractivity contribution in [1.82, 2.24) is 0 Å². The molecular weight excluding hydrogens is 185 g/mol. The molecule has 0 saturated carbocycles. The van der Waals surface area contributed by atoms with Gasteiger partial charge >= 0.3 is 5.97 Å². The summed E-state index contributed by atoms with van der Waals surface area (Å²) in [6, 6.07) is 0. The predicted molar refractivity (Wildman–Crippen MR) is 57.5 cm³/mol. The molecule has 0 aromatic carbocycles. The number of hydrogen-bond donors (Lipinski definition) is 0. The fraction of sp³-hybridized carbons (Fsp3) is 0.556. The van der Waals surface area contributed by atoms with Gasteiger partial charge in [0.25, 0.3) is 0 Å². The van der Waals surface area contributed by atoms with Crippen LogP contribution in [0.5, 0.6) is 0 Å². The van der Waals surface area contributed by atoms with E-state index >= 15 is 0 Å². The lowest BCUT2D eigenvalue weighted by molar-refractivity contribution is -0.129. The van der Waals surface area contributed by atoms with Crippen molar-refractivity contribution in [3.05, 3.63) is 11.3 Å². The first-order valence-corrected chi connectivity index (χ1v) is 4.62. The summed E-state index contributed by atoms with van der Waals surface area (Å²) >= 11 is 0. The van der Waals surface area contributed by atoms with E-state index in [1.807, 2.05) is 30.2 Å². The van der Waals surface area contributed by atoms with Crippen LogP contribution in [0, 0.1) is 5.92 Å². The summed E-state index contributed by atoms with van der Waals surface area (Å²) in [7, 11) is 1.94. The van der Waals surface area contributed by atoms with Crippen molar-refractivity contribution < 1.29 is 9.32 Å². The summed E-state index contributed by atoms with van der Waals surface area (Å²) in [5.41, 5.74) is 1.33. The number of carbonyl (C=O) groups is 1. The first-order valence-electron chi connectivity index (χ1n) is 4.15. The van der Waals surface area contributed by atoms with Gasteiger partial charge in [0.15, 0.2) is 0 Å². The molecule has 0 bridgehead atoms. The Morgan fingerprint density at radius 1 is 1.54 bits per heavy atom. The smallest absolute Gasteiger partial charge is 0.337 e. The third-order valence-corrected chi connectivity index (χ3v) is 1.83. The minimum atomic E-state index is -0.348. The van der Waals surface area contributed by atoms with Crippen LogP contribution >= 0.6 is 9.47 Å². The van der Waals surface area contributed by atoms with Gasteiger partial charge in [0.05, 0.1) is 20.7 Å². The summed E-state index contributed by atoms with van der Waals surface area (Å²) in [6.07, 6.45) is 1.68. The summed E-state index contributed by atoms with van der Waals surface area (Å²) in [6.45, 7) is 7.51. The van der Waals surface area contributed by atoms with Crippen molar-refractivity contribution in [2.45, 2.75) is 27.7 Å². The van der Waals surface area contributed by atoms with Crippen molar-refractivity contribution in [3.63, 3.8) is 0 Å². The third-order valence-electron chi connectivity index (χ3n) is 1.61. The second-order valence-electron chi connectivity index (χ2n) is 2.96. The second-order valence-corrected chi connectivity index (χ2v) is 3.19. The Balaban J connectivity index is 4.96. The molecule has 0 radical (unpaired) electrons. The molecule has 13 heavy (non-hydrogen) atoms. The summed E-state index contributed by atoms with van der Waals surface area (Å²) in [5.74, 6) is -0.125. The fourth-order valence-corrected chi connectivity index (χ4v) is 1.19. The van der Waals surface area contributed by atoms with Gasteiger partial charge in [0, 0.05) is 6.21 Å². The summed E-state index contributed by atoms with van der Waals surface area (Å²) < 4.78 is 4.54. The molecule has 0 amide bonds. The zero-order valence-electron chi connectivity index (χ0n) is 8.50. The highest BCUT2D eigenvalue weighted by molar-refractivity contribution is 7.10. The molecule has 1 atom stereocenters. The fourth-order valence-electron chi connectivity index (χ4n) is 1.01. The predicted octanol–water partition coefficient (Wildman–Crippen LogP) is 2.34. The van der Waals surface area contributed by atoms with E-state index in [4.69, 9.17) is 0 Å². The lowest BCUT2D eigenvalue weighted by Gasteiger charge is -2.09. The molecule has 1 unspecified atom stereocenters. The van der Waals surface area contributed by atoms with Crippen LogP contribution in [0.4, 0.5) is 0 Å². The lowest BCUT2D eigenvalue weighted by atomic mass is 10.1. The van der Waals surface area contributed by atoms with Crippen molar-refractivity contribution in [2.75, 3.05) is 0 Å². The molecule has 0 aliphatic rings. The maximum absolute atomic E-state index is 11.2. The first kappa shape index (κ1) is 12.3. The van der Waals surface area contributed by atoms with Crippen LogP contribution in [0.3, 0.4) is 0 Å². The molecule has 0 aromatic rings. The van der Waals surface area contributed by atoms with E-state index < -0.39 is 0 Å². The molecule has 0 fully saturated rings. The number of allylic oxidation sites excluding steroid dienone is 1. The summed E-state index contributed by atoms with van der Waals surface area (Å²) in [5, 5.41) is 0. The molecule has 74 valence electrons. The van der Waals surface area contributed by atoms with Gasteiger partial charge in [-0.2, -0.15) is 0 Å². The Morgan fingerprint density at radius 2 is 2.08 bits per heavy atom. The van der Waals surface area contributed by atoms with Crippen LogP contribution in [0.2, 0.25) is 0 Å². The molecule has 4 heteroatoms. The topological polar surface area (TPSA) is 38.7 Å². The Hall–Kier alpha value is -0.690. The first-order chi connectivity index (χ1) is 6.04. The van der Waals surface area contributed by atoms with Crippen molar-refractivity contribution >= 4 is 21.7 Å². The number of aliphatic imine (C=N–C) groups is 1. The van der Waals surface area contributed by atoms with Crippen molar-refractivity contribution in [2.24, 2.45) is 10.9 Å². The van der Waals surface area contributed by atoms with E-state index in [9.17, 15) is 4.79 Å². The number of carbonyl (C=O) groups excluding carboxylic acids is 1. The standard InChI is InChI=1S/C9H16NO2P/c1-5-10-8(6(2)3)7(4)9(11)12-13/h5-6H,13H2,1-4H3. The largest absolute Gasteiger partial charge is 0.448 e. The lowest BCUT2D eigenvalue weighted by Crippen LogP contribution is -2.05. The van der Waals surface area contributed by atoms with Crippen LogP contribution in [0.25, 0.3) is 0 Å². The van der Waals surface area contributed by atoms with Gasteiger partial charge in [-0.15, -0.1) is 0 Å². The Labute approximate surface area is 81.6 Å². The number of nitrogens with zero attached hydrogens (tertiary/aromatic N) is 1. The van der Waals surface area contributed by atoms with Crippen LogP contribution < -0.4 is 0 Å². The number of hydrogen-bond acceptors (Lipinski definition) is 3. The Morgan fingerprint density at radius 3 is 2.38 bits per heavy atom. The van der Waals surface area contributed by atoms with Crippen LogP contribution in [-0.2, 0) is 9.32 Å². The van der Waals surface area contributed by atoms with E-state index in [-0.39, 0.29) is 11.9 Å². The number of rotatable bonds is 3. The van der Waals surface area contributed by atoms with Gasteiger partial charge in [-0.25, -0.2) is 4.79 Å². The minimum absolute atomic E-state index is 0.222. The van der Waals surface area contributed by atoms with E-state index in [1.165, 1.54) is 0 Å². The zero-order chi connectivity index (χ0) is 10.4. The van der Waals surface area contributed by atoms with Gasteiger partial charge in [-0.3, -0.25) is 4.99 Å². The van der Waals surface area contributed by atoms with E-state index in [0.717, 1.165) is 5.70 Å². The van der Waals surface area contributed by atoms with Gasteiger partial charge < -0.3 is 4.52 Å². The maximum atomic E-state index is 11.2. The van der Waals surface area contributed by atoms with Gasteiger partial charge in [-0.1, -0.05) is 13.8 Å². The van der Waals surface area contributed by atoms with Gasteiger partial charge in [-0.05, 0) is 19.8 Å². The summed E-state index contributed by atoms with van der Waals surface area (Å²) in [4.78, 5) is 15.3. The highest BCUT2D eigenvalue weighted by atomic mass is 31.0. The molecule has 0 aromatic heterocycles. The Kier molecular flexibility index (Phi) is 5.56. The highest BCUT2D eigenvalue weighted by Crippen LogP contribution is 2.17. The molecule has 3 nitrogen and oxygen atoms in total. The quantitative estimate of drug-likeness (QED) is 0.399. The van der Waals surface area contributed by atoms with Crippen molar-refractivity contribution in [3.8, 4) is 0 Å². The molecule has 0 rings (SSSR count). The minimum Gasteiger partial charge on any atom is -0.448 e. The van der Waals surface area contributed by atoms with E-state index in [1.54, 1.807) is 13.1 Å². The SMILES string of the molecule is CC=NC(=C(C)C(=O)OP)C(C)C. The molecule has 0 aliphatic heterocycles. The molecule has 0 spiro atoms. The average molecular weight is 201 g/mol. The van der Waals surface area contributed by atoms with Crippen LogP contribution in [0.1, 0.15) is 27.7 Å². The molecule has 0 aliphatic carbocycles.